The van der Waals surface area contributed by atoms with Gasteiger partial charge in [-0.1, -0.05) is 38.5 Å². The van der Waals surface area contributed by atoms with Crippen molar-refractivity contribution in [2.45, 2.75) is 33.1 Å². The normalized spacial score (nSPS) is 16.9. The minimum absolute atomic E-state index is 0.189. The zero-order chi connectivity index (χ0) is 16.0. The molecule has 1 aromatic rings. The smallest absolute Gasteiger partial charge is 0.162 e. The quantitative estimate of drug-likeness (QED) is 0.749. The second kappa shape index (κ2) is 7.59. The molecule has 1 saturated heterocycles. The Morgan fingerprint density at radius 2 is 1.82 bits per heavy atom. The fourth-order valence-corrected chi connectivity index (χ4v) is 2.87. The maximum absolute atomic E-state index is 12.5. The van der Waals surface area contributed by atoms with E-state index in [0.717, 1.165) is 30.9 Å². The monoisotopic (exact) mass is 301 g/mol. The number of piperidine rings is 1. The third kappa shape index (κ3) is 4.70. The highest BCUT2D eigenvalue weighted by atomic mass is 16.5. The Morgan fingerprint density at radius 3 is 2.41 bits per heavy atom. The van der Waals surface area contributed by atoms with Crippen LogP contribution in [0.4, 0.5) is 0 Å². The van der Waals surface area contributed by atoms with Gasteiger partial charge in [0.2, 0.25) is 0 Å². The van der Waals surface area contributed by atoms with Crippen LogP contribution in [0, 0.1) is 5.41 Å². The molecule has 0 aliphatic carbocycles. The first kappa shape index (κ1) is 16.8. The van der Waals surface area contributed by atoms with Gasteiger partial charge in [-0.2, -0.15) is 0 Å². The molecule has 0 atom stereocenters. The Bertz CT molecular complexity index is 511. The maximum Gasteiger partial charge on any atom is 0.162 e. The molecule has 0 radical (unpaired) electrons. The van der Waals surface area contributed by atoms with Gasteiger partial charge in [0.15, 0.2) is 5.78 Å². The van der Waals surface area contributed by atoms with E-state index in [4.69, 9.17) is 4.74 Å². The molecule has 0 N–H and O–H groups in total. The lowest BCUT2D eigenvalue weighted by Gasteiger charge is -2.33. The van der Waals surface area contributed by atoms with Gasteiger partial charge in [-0.15, -0.1) is 0 Å². The number of carbonyl (C=O) groups excluding carboxylic acids is 1. The summed E-state index contributed by atoms with van der Waals surface area (Å²) in [6.07, 6.45) is 7.44. The number of hydrogen-bond acceptors (Lipinski definition) is 3. The molecule has 0 aromatic heterocycles. The Hall–Kier alpha value is -1.61. The van der Waals surface area contributed by atoms with Crippen molar-refractivity contribution in [2.24, 2.45) is 5.41 Å². The molecule has 2 rings (SSSR count). The van der Waals surface area contributed by atoms with E-state index < -0.39 is 0 Å². The Kier molecular flexibility index (Phi) is 5.78. The number of ketones is 1. The van der Waals surface area contributed by atoms with E-state index in [9.17, 15) is 4.79 Å². The molecule has 1 heterocycles. The molecule has 1 aliphatic heterocycles. The van der Waals surface area contributed by atoms with Crippen molar-refractivity contribution in [3.63, 3.8) is 0 Å². The van der Waals surface area contributed by atoms with E-state index in [1.54, 1.807) is 13.2 Å². The summed E-state index contributed by atoms with van der Waals surface area (Å²) < 4.78 is 5.14. The predicted molar refractivity (Wildman–Crippen MR) is 91.1 cm³/mol. The summed E-state index contributed by atoms with van der Waals surface area (Å²) in [5.74, 6) is 1.02. The summed E-state index contributed by atoms with van der Waals surface area (Å²) in [6.45, 7) is 7.18. The van der Waals surface area contributed by atoms with E-state index in [1.807, 2.05) is 44.2 Å². The molecule has 3 heteroatoms. The van der Waals surface area contributed by atoms with Gasteiger partial charge in [0.05, 0.1) is 7.11 Å². The van der Waals surface area contributed by atoms with Gasteiger partial charge in [-0.05, 0) is 49.7 Å². The fourth-order valence-electron chi connectivity index (χ4n) is 2.87. The summed E-state index contributed by atoms with van der Waals surface area (Å²) in [6, 6.07) is 7.73. The number of likely N-dealkylation sites (tertiary alicyclic amines) is 1. The summed E-state index contributed by atoms with van der Waals surface area (Å²) >= 11 is 0. The molecular weight excluding hydrogens is 274 g/mol. The van der Waals surface area contributed by atoms with Crippen molar-refractivity contribution in [3.05, 3.63) is 35.9 Å². The van der Waals surface area contributed by atoms with Gasteiger partial charge >= 0.3 is 0 Å². The number of nitrogens with zero attached hydrogens (tertiary/aromatic N) is 1. The van der Waals surface area contributed by atoms with Crippen molar-refractivity contribution in [1.29, 1.82) is 0 Å². The van der Waals surface area contributed by atoms with Gasteiger partial charge < -0.3 is 9.64 Å². The third-order valence-corrected chi connectivity index (χ3v) is 4.28. The number of ether oxygens (including phenoxy) is 1. The molecule has 22 heavy (non-hydrogen) atoms. The second-order valence-electron chi connectivity index (χ2n) is 6.69. The number of rotatable bonds is 6. The standard InChI is InChI=1S/C19H27NO2/c1-19(2,15-20-13-5-4-6-14-20)18(21)12-9-16-7-10-17(22-3)11-8-16/h7-12H,4-6,13-15H2,1-3H3/b12-9-. The molecule has 1 fully saturated rings. The molecule has 0 bridgehead atoms. The van der Waals surface area contributed by atoms with Crippen LogP contribution >= 0.6 is 0 Å². The Balaban J connectivity index is 1.94. The van der Waals surface area contributed by atoms with Crippen LogP contribution in [0.25, 0.3) is 6.08 Å². The van der Waals surface area contributed by atoms with Crippen LogP contribution in [0.5, 0.6) is 5.75 Å². The fraction of sp³-hybridized carbons (Fsp3) is 0.526. The van der Waals surface area contributed by atoms with Crippen molar-refractivity contribution in [2.75, 3.05) is 26.7 Å². The number of hydrogen-bond donors (Lipinski definition) is 0. The molecule has 1 aromatic carbocycles. The molecule has 0 amide bonds. The molecule has 1 aliphatic rings. The number of methoxy groups -OCH3 is 1. The zero-order valence-corrected chi connectivity index (χ0v) is 14.0. The number of benzene rings is 1. The van der Waals surface area contributed by atoms with Crippen LogP contribution < -0.4 is 4.74 Å². The Labute approximate surface area is 134 Å². The average Bonchev–Trinajstić information content (AvgIpc) is 2.53. The highest BCUT2D eigenvalue weighted by Gasteiger charge is 2.28. The lowest BCUT2D eigenvalue weighted by molar-refractivity contribution is -0.123. The highest BCUT2D eigenvalue weighted by Crippen LogP contribution is 2.22. The van der Waals surface area contributed by atoms with Gasteiger partial charge in [0.1, 0.15) is 5.75 Å². The maximum atomic E-state index is 12.5. The summed E-state index contributed by atoms with van der Waals surface area (Å²) in [5, 5.41) is 0. The second-order valence-corrected chi connectivity index (χ2v) is 6.69. The molecule has 0 saturated carbocycles. The lowest BCUT2D eigenvalue weighted by atomic mass is 9.86. The first-order chi connectivity index (χ1) is 10.5. The van der Waals surface area contributed by atoms with E-state index in [-0.39, 0.29) is 11.2 Å². The Morgan fingerprint density at radius 1 is 1.18 bits per heavy atom. The third-order valence-electron chi connectivity index (χ3n) is 4.28. The van der Waals surface area contributed by atoms with Crippen molar-refractivity contribution in [3.8, 4) is 5.75 Å². The van der Waals surface area contributed by atoms with E-state index >= 15 is 0 Å². The first-order valence-corrected chi connectivity index (χ1v) is 8.10. The first-order valence-electron chi connectivity index (χ1n) is 8.10. The predicted octanol–water partition coefficient (Wildman–Crippen LogP) is 3.79. The van der Waals surface area contributed by atoms with Crippen LogP contribution in [0.1, 0.15) is 38.7 Å². The van der Waals surface area contributed by atoms with Crippen molar-refractivity contribution in [1.82, 2.24) is 4.90 Å². The highest BCUT2D eigenvalue weighted by molar-refractivity contribution is 5.97. The minimum atomic E-state index is -0.333. The summed E-state index contributed by atoms with van der Waals surface area (Å²) in [7, 11) is 1.65. The van der Waals surface area contributed by atoms with E-state index in [0.29, 0.717) is 0 Å². The van der Waals surface area contributed by atoms with Gasteiger partial charge in [-0.3, -0.25) is 4.79 Å². The molecule has 0 spiro atoms. The zero-order valence-electron chi connectivity index (χ0n) is 14.0. The van der Waals surface area contributed by atoms with Crippen LogP contribution in [0.3, 0.4) is 0 Å². The van der Waals surface area contributed by atoms with Crippen molar-refractivity contribution < 1.29 is 9.53 Å². The topological polar surface area (TPSA) is 29.5 Å². The minimum Gasteiger partial charge on any atom is -0.497 e. The molecule has 120 valence electrons. The molecule has 0 unspecified atom stereocenters. The summed E-state index contributed by atoms with van der Waals surface area (Å²) in [4.78, 5) is 14.9. The van der Waals surface area contributed by atoms with Crippen LogP contribution in [0.15, 0.2) is 30.3 Å². The largest absolute Gasteiger partial charge is 0.497 e. The number of carbonyl (C=O) groups is 1. The van der Waals surface area contributed by atoms with Crippen LogP contribution in [0.2, 0.25) is 0 Å². The van der Waals surface area contributed by atoms with Crippen LogP contribution in [-0.2, 0) is 4.79 Å². The van der Waals surface area contributed by atoms with E-state index in [2.05, 4.69) is 4.90 Å². The number of allylic oxidation sites excluding steroid dienone is 1. The average molecular weight is 301 g/mol. The van der Waals surface area contributed by atoms with E-state index in [1.165, 1.54) is 19.3 Å². The van der Waals surface area contributed by atoms with Crippen molar-refractivity contribution >= 4 is 11.9 Å². The van der Waals surface area contributed by atoms with Gasteiger partial charge in [0.25, 0.3) is 0 Å². The lowest BCUT2D eigenvalue weighted by Crippen LogP contribution is -2.41. The molecular formula is C19H27NO2. The SMILES string of the molecule is COc1ccc(/C=C\C(=O)C(C)(C)CN2CCCCC2)cc1. The van der Waals surface area contributed by atoms with Gasteiger partial charge in [0, 0.05) is 12.0 Å². The van der Waals surface area contributed by atoms with Gasteiger partial charge in [-0.25, -0.2) is 0 Å². The summed E-state index contributed by atoms with van der Waals surface area (Å²) in [5.41, 5.74) is 0.684. The van der Waals surface area contributed by atoms with Crippen LogP contribution in [-0.4, -0.2) is 37.4 Å². The molecule has 3 nitrogen and oxygen atoms in total.